The summed E-state index contributed by atoms with van der Waals surface area (Å²) in [6.07, 6.45) is 2.34. The maximum atomic E-state index is 6.28. The molecule has 0 bridgehead atoms. The van der Waals surface area contributed by atoms with Crippen molar-refractivity contribution < 1.29 is 23.2 Å². The lowest BCUT2D eigenvalue weighted by Crippen LogP contribution is -2.59. The highest BCUT2D eigenvalue weighted by molar-refractivity contribution is 6.69. The summed E-state index contributed by atoms with van der Waals surface area (Å²) in [6, 6.07) is 0. The Kier molecular flexibility index (Phi) is 5.90. The molecular formula is C14H29BO5Si. The Hall–Kier alpha value is 0.0818. The Morgan fingerprint density at radius 3 is 2.38 bits per heavy atom. The van der Waals surface area contributed by atoms with Gasteiger partial charge in [-0.05, 0) is 32.9 Å². The molecule has 0 radical (unpaired) electrons. The minimum absolute atomic E-state index is 0.0481. The predicted octanol–water partition coefficient (Wildman–Crippen LogP) is 2.67. The number of hydrogen-bond acceptors (Lipinski definition) is 5. The highest BCUT2D eigenvalue weighted by Gasteiger charge is 2.53. The quantitative estimate of drug-likeness (QED) is 0.705. The van der Waals surface area contributed by atoms with Crippen molar-refractivity contribution in [1.29, 1.82) is 0 Å². The molecule has 0 aromatic rings. The molecule has 2 rings (SSSR count). The Morgan fingerprint density at radius 1 is 1.14 bits per heavy atom. The van der Waals surface area contributed by atoms with Crippen molar-refractivity contribution in [2.75, 3.05) is 7.11 Å². The van der Waals surface area contributed by atoms with Crippen molar-refractivity contribution in [3.05, 3.63) is 0 Å². The van der Waals surface area contributed by atoms with Crippen molar-refractivity contribution in [1.82, 2.24) is 0 Å². The van der Waals surface area contributed by atoms with E-state index in [1.54, 1.807) is 7.11 Å². The number of fused-ring (bicyclic) bond motifs is 1. The van der Waals surface area contributed by atoms with E-state index in [2.05, 4.69) is 26.6 Å². The predicted molar refractivity (Wildman–Crippen MR) is 84.8 cm³/mol. The lowest BCUT2D eigenvalue weighted by Gasteiger charge is -2.43. The van der Waals surface area contributed by atoms with Crippen molar-refractivity contribution >= 4 is 15.4 Å². The molecule has 7 heteroatoms. The zero-order valence-electron chi connectivity index (χ0n) is 14.1. The summed E-state index contributed by atoms with van der Waals surface area (Å²) in [5, 5.41) is 0. The molecule has 0 aliphatic carbocycles. The lowest BCUT2D eigenvalue weighted by atomic mass is 9.83. The molecule has 2 heterocycles. The monoisotopic (exact) mass is 316 g/mol. The van der Waals surface area contributed by atoms with E-state index in [0.717, 1.165) is 19.2 Å². The molecular weight excluding hydrogens is 287 g/mol. The van der Waals surface area contributed by atoms with Crippen LogP contribution in [0.15, 0.2) is 0 Å². The van der Waals surface area contributed by atoms with Gasteiger partial charge in [0.1, 0.15) is 6.10 Å². The molecule has 0 amide bonds. The maximum Gasteiger partial charge on any atom is 0.457 e. The fourth-order valence-electron chi connectivity index (χ4n) is 2.93. The molecule has 0 spiro atoms. The van der Waals surface area contributed by atoms with Gasteiger partial charge < -0.3 is 23.2 Å². The zero-order chi connectivity index (χ0) is 15.6. The van der Waals surface area contributed by atoms with Crippen LogP contribution < -0.4 is 0 Å². The zero-order valence-corrected chi connectivity index (χ0v) is 15.1. The largest absolute Gasteiger partial charge is 0.457 e. The Labute approximate surface area is 129 Å². The molecule has 0 saturated carbocycles. The summed E-state index contributed by atoms with van der Waals surface area (Å²) < 4.78 is 29.9. The van der Waals surface area contributed by atoms with Crippen LogP contribution in [0.3, 0.4) is 0 Å². The summed E-state index contributed by atoms with van der Waals surface area (Å²) >= 11 is 0. The molecule has 0 unspecified atom stereocenters. The third-order valence-corrected chi connectivity index (χ3v) is 4.84. The summed E-state index contributed by atoms with van der Waals surface area (Å²) in [4.78, 5) is 0. The van der Waals surface area contributed by atoms with Gasteiger partial charge in [-0.3, -0.25) is 0 Å². The molecule has 2 saturated heterocycles. The van der Waals surface area contributed by atoms with Crippen LogP contribution in [0.4, 0.5) is 0 Å². The fraction of sp³-hybridized carbons (Fsp3) is 1.00. The second-order valence-electron chi connectivity index (χ2n) is 6.91. The van der Waals surface area contributed by atoms with E-state index in [1.165, 1.54) is 0 Å². The summed E-state index contributed by atoms with van der Waals surface area (Å²) in [7, 11) is -0.216. The minimum Gasteiger partial charge on any atom is -0.407 e. The van der Waals surface area contributed by atoms with E-state index in [-0.39, 0.29) is 37.8 Å². The Bertz CT molecular complexity index is 338. The van der Waals surface area contributed by atoms with Crippen LogP contribution in [-0.2, 0) is 23.2 Å². The van der Waals surface area contributed by atoms with Crippen LogP contribution >= 0.6 is 0 Å². The van der Waals surface area contributed by atoms with Gasteiger partial charge in [0.25, 0.3) is 0 Å². The number of unbranched alkanes of at least 4 members (excludes halogenated alkanes) is 1. The van der Waals surface area contributed by atoms with Gasteiger partial charge in [0.15, 0.2) is 14.6 Å². The van der Waals surface area contributed by atoms with Crippen LogP contribution in [0, 0.1) is 0 Å². The van der Waals surface area contributed by atoms with Gasteiger partial charge >= 0.3 is 7.12 Å². The SMILES string of the molecule is CCCCB1O[C@H]2[C@H](O[Si](C)(C)C)[C@H](OC)O[C@@H](C)[C@H]2O1. The number of methoxy groups -OCH3 is 1. The topological polar surface area (TPSA) is 46.2 Å². The first-order valence-corrected chi connectivity index (χ1v) is 11.4. The average molecular weight is 316 g/mol. The first kappa shape index (κ1) is 17.4. The van der Waals surface area contributed by atoms with Crippen LogP contribution in [0.25, 0.3) is 0 Å². The molecule has 2 aliphatic heterocycles. The van der Waals surface area contributed by atoms with Crippen molar-refractivity contribution in [2.24, 2.45) is 0 Å². The summed E-state index contributed by atoms with van der Waals surface area (Å²) in [5.74, 6) is 0. The number of hydrogen-bond donors (Lipinski definition) is 0. The molecule has 21 heavy (non-hydrogen) atoms. The van der Waals surface area contributed by atoms with Crippen LogP contribution in [0.1, 0.15) is 26.7 Å². The number of rotatable bonds is 6. The van der Waals surface area contributed by atoms with Gasteiger partial charge in [-0.15, -0.1) is 0 Å². The fourth-order valence-corrected chi connectivity index (χ4v) is 3.99. The lowest BCUT2D eigenvalue weighted by molar-refractivity contribution is -0.260. The molecule has 2 aliphatic rings. The van der Waals surface area contributed by atoms with Crippen LogP contribution in [-0.4, -0.2) is 53.3 Å². The van der Waals surface area contributed by atoms with E-state index in [9.17, 15) is 0 Å². The van der Waals surface area contributed by atoms with E-state index >= 15 is 0 Å². The average Bonchev–Trinajstić information content (AvgIpc) is 2.83. The first-order chi connectivity index (χ1) is 9.85. The maximum absolute atomic E-state index is 6.28. The third kappa shape index (κ3) is 4.30. The Morgan fingerprint density at radius 2 is 1.81 bits per heavy atom. The third-order valence-electron chi connectivity index (χ3n) is 3.86. The van der Waals surface area contributed by atoms with Crippen molar-refractivity contribution in [3.8, 4) is 0 Å². The van der Waals surface area contributed by atoms with Gasteiger partial charge in [-0.25, -0.2) is 0 Å². The van der Waals surface area contributed by atoms with Gasteiger partial charge in [-0.1, -0.05) is 19.8 Å². The van der Waals surface area contributed by atoms with Crippen molar-refractivity contribution in [3.63, 3.8) is 0 Å². The van der Waals surface area contributed by atoms with E-state index < -0.39 is 8.32 Å². The van der Waals surface area contributed by atoms with E-state index in [1.807, 2.05) is 6.92 Å². The molecule has 0 N–H and O–H groups in total. The van der Waals surface area contributed by atoms with Crippen LogP contribution in [0.2, 0.25) is 26.0 Å². The van der Waals surface area contributed by atoms with E-state index in [0.29, 0.717) is 0 Å². The first-order valence-electron chi connectivity index (χ1n) is 8.02. The van der Waals surface area contributed by atoms with Gasteiger partial charge in [0.2, 0.25) is 0 Å². The number of ether oxygens (including phenoxy) is 2. The standard InChI is InChI=1S/C14H29BO5Si/c1-7-8-9-15-18-11-10(2)17-14(16-3)13(12(11)19-15)20-21(4,5)6/h10-14H,7-9H2,1-6H3/t10-,11+,12+,13-,14+/m0/s1. The van der Waals surface area contributed by atoms with Crippen molar-refractivity contribution in [2.45, 2.75) is 83.4 Å². The van der Waals surface area contributed by atoms with Crippen LogP contribution in [0.5, 0.6) is 0 Å². The minimum atomic E-state index is -1.73. The second kappa shape index (κ2) is 7.10. The van der Waals surface area contributed by atoms with Gasteiger partial charge in [-0.2, -0.15) is 0 Å². The smallest absolute Gasteiger partial charge is 0.407 e. The Balaban J connectivity index is 2.10. The summed E-state index contributed by atoms with van der Waals surface area (Å²) in [5.41, 5.74) is 0. The summed E-state index contributed by atoms with van der Waals surface area (Å²) in [6.45, 7) is 10.7. The molecule has 122 valence electrons. The molecule has 0 aromatic heterocycles. The molecule has 5 nitrogen and oxygen atoms in total. The molecule has 0 aromatic carbocycles. The van der Waals surface area contributed by atoms with Gasteiger partial charge in [0, 0.05) is 7.11 Å². The highest BCUT2D eigenvalue weighted by atomic mass is 28.4. The normalized spacial score (nSPS) is 36.9. The highest BCUT2D eigenvalue weighted by Crippen LogP contribution is 2.35. The molecule has 5 atom stereocenters. The van der Waals surface area contributed by atoms with E-state index in [4.69, 9.17) is 23.2 Å². The van der Waals surface area contributed by atoms with Gasteiger partial charge in [0.05, 0.1) is 18.3 Å². The second-order valence-corrected chi connectivity index (χ2v) is 11.4. The molecule has 2 fully saturated rings.